The van der Waals surface area contributed by atoms with Gasteiger partial charge in [-0.3, -0.25) is 5.32 Å². The molecule has 0 saturated heterocycles. The van der Waals surface area contributed by atoms with Crippen LogP contribution in [0.2, 0.25) is 0 Å². The summed E-state index contributed by atoms with van der Waals surface area (Å²) in [5, 5.41) is 12.8. The average Bonchev–Trinajstić information content (AvgIpc) is 2.93. The van der Waals surface area contributed by atoms with E-state index >= 15 is 0 Å². The fourth-order valence-electron chi connectivity index (χ4n) is 1.99. The Labute approximate surface area is 141 Å². The molecule has 1 heterocycles. The van der Waals surface area contributed by atoms with Gasteiger partial charge in [-0.2, -0.15) is 5.26 Å². The van der Waals surface area contributed by atoms with E-state index in [0.717, 1.165) is 17.4 Å². The third kappa shape index (κ3) is 3.36. The van der Waals surface area contributed by atoms with Gasteiger partial charge in [0.2, 0.25) is 0 Å². The Kier molecular flexibility index (Phi) is 4.24. The molecule has 0 aliphatic rings. The minimum Gasteiger partial charge on any atom is -0.305 e. The predicted octanol–water partition coefficient (Wildman–Crippen LogP) is 4.37. The summed E-state index contributed by atoms with van der Waals surface area (Å²) in [6, 6.07) is 3.49. The number of carbonyl (C=O) groups excluding carboxylic acids is 1. The van der Waals surface area contributed by atoms with Crippen LogP contribution in [0.3, 0.4) is 0 Å². The summed E-state index contributed by atoms with van der Waals surface area (Å²) in [5.74, 6) is -3.69. The van der Waals surface area contributed by atoms with Crippen molar-refractivity contribution in [3.8, 4) is 6.07 Å². The van der Waals surface area contributed by atoms with E-state index in [1.54, 1.807) is 0 Å². The topological polar surface area (TPSA) is 77.8 Å². The Morgan fingerprint density at radius 2 is 1.80 bits per heavy atom. The molecule has 0 saturated carbocycles. The van der Waals surface area contributed by atoms with Crippen molar-refractivity contribution < 1.29 is 22.4 Å². The standard InChI is InChI=1S/C15H6F4N4OS/c16-7-2-10(19)13-12(3-7)25-15(22-13)23-14(24)21-11-4-8(17)6(5-20)1-9(11)18/h1-4H,(H2,21,22,23,24). The minimum absolute atomic E-state index is 0.0634. The zero-order chi connectivity index (χ0) is 18.1. The van der Waals surface area contributed by atoms with Gasteiger partial charge in [-0.05, 0) is 12.1 Å². The summed E-state index contributed by atoms with van der Waals surface area (Å²) < 4.78 is 54.1. The van der Waals surface area contributed by atoms with Crippen molar-refractivity contribution in [2.45, 2.75) is 0 Å². The van der Waals surface area contributed by atoms with E-state index in [0.29, 0.717) is 18.2 Å². The van der Waals surface area contributed by atoms with Crippen LogP contribution in [0.1, 0.15) is 5.56 Å². The van der Waals surface area contributed by atoms with Gasteiger partial charge >= 0.3 is 6.03 Å². The first-order valence-corrected chi connectivity index (χ1v) is 7.42. The number of rotatable bonds is 2. The third-order valence-corrected chi connectivity index (χ3v) is 3.98. The Hall–Kier alpha value is -3.19. The van der Waals surface area contributed by atoms with Crippen molar-refractivity contribution in [3.63, 3.8) is 0 Å². The van der Waals surface area contributed by atoms with Crippen molar-refractivity contribution in [3.05, 3.63) is 53.1 Å². The largest absolute Gasteiger partial charge is 0.325 e. The molecule has 0 aliphatic carbocycles. The lowest BCUT2D eigenvalue weighted by molar-refractivity contribution is 0.262. The Morgan fingerprint density at radius 1 is 1.04 bits per heavy atom. The maximum atomic E-state index is 13.7. The number of fused-ring (bicyclic) bond motifs is 1. The van der Waals surface area contributed by atoms with Gasteiger partial charge < -0.3 is 5.32 Å². The minimum atomic E-state index is -1.01. The fourth-order valence-corrected chi connectivity index (χ4v) is 2.89. The first-order valence-electron chi connectivity index (χ1n) is 6.60. The number of halogens is 4. The van der Waals surface area contributed by atoms with Gasteiger partial charge in [0.25, 0.3) is 0 Å². The number of carbonyl (C=O) groups is 1. The molecule has 0 radical (unpaired) electrons. The predicted molar refractivity (Wildman–Crippen MR) is 83.3 cm³/mol. The van der Waals surface area contributed by atoms with Crippen LogP contribution in [0.5, 0.6) is 0 Å². The van der Waals surface area contributed by atoms with Crippen LogP contribution in [-0.2, 0) is 0 Å². The molecule has 3 rings (SSSR count). The van der Waals surface area contributed by atoms with E-state index < -0.39 is 40.6 Å². The molecule has 2 N–H and O–H groups in total. The number of nitrogens with zero attached hydrogens (tertiary/aromatic N) is 2. The van der Waals surface area contributed by atoms with Crippen LogP contribution in [0, 0.1) is 34.6 Å². The van der Waals surface area contributed by atoms with Gasteiger partial charge in [0.05, 0.1) is 16.0 Å². The first kappa shape index (κ1) is 16.7. The van der Waals surface area contributed by atoms with E-state index in [1.165, 1.54) is 6.07 Å². The van der Waals surface area contributed by atoms with Crippen LogP contribution < -0.4 is 10.6 Å². The number of amides is 2. The number of hydrogen-bond donors (Lipinski definition) is 2. The Morgan fingerprint density at radius 3 is 2.52 bits per heavy atom. The Bertz CT molecular complexity index is 1040. The number of nitrogens with one attached hydrogen (secondary N) is 2. The summed E-state index contributed by atoms with van der Waals surface area (Å²) in [6.45, 7) is 0. The van der Waals surface area contributed by atoms with Crippen LogP contribution in [0.15, 0.2) is 24.3 Å². The summed E-state index contributed by atoms with van der Waals surface area (Å²) in [5.41, 5.74) is -1.13. The highest BCUT2D eigenvalue weighted by molar-refractivity contribution is 7.22. The monoisotopic (exact) mass is 366 g/mol. The van der Waals surface area contributed by atoms with Crippen molar-refractivity contribution in [2.75, 3.05) is 10.6 Å². The molecule has 0 unspecified atom stereocenters. The molecule has 25 heavy (non-hydrogen) atoms. The highest BCUT2D eigenvalue weighted by Gasteiger charge is 2.15. The normalized spacial score (nSPS) is 10.5. The molecular weight excluding hydrogens is 360 g/mol. The molecule has 3 aromatic rings. The zero-order valence-electron chi connectivity index (χ0n) is 12.0. The summed E-state index contributed by atoms with van der Waals surface area (Å²) in [6.07, 6.45) is 0. The van der Waals surface area contributed by atoms with Gasteiger partial charge in [0.15, 0.2) is 10.9 Å². The lowest BCUT2D eigenvalue weighted by Gasteiger charge is -2.07. The van der Waals surface area contributed by atoms with E-state index in [1.807, 2.05) is 5.32 Å². The van der Waals surface area contributed by atoms with Crippen molar-refractivity contribution in [1.29, 1.82) is 5.26 Å². The quantitative estimate of drug-likeness (QED) is 0.661. The van der Waals surface area contributed by atoms with Crippen LogP contribution in [-0.4, -0.2) is 11.0 Å². The third-order valence-electron chi connectivity index (χ3n) is 3.06. The van der Waals surface area contributed by atoms with Gasteiger partial charge in [-0.1, -0.05) is 11.3 Å². The molecule has 0 spiro atoms. The van der Waals surface area contributed by atoms with E-state index in [4.69, 9.17) is 5.26 Å². The van der Waals surface area contributed by atoms with Gasteiger partial charge in [-0.25, -0.2) is 27.3 Å². The summed E-state index contributed by atoms with van der Waals surface area (Å²) in [4.78, 5) is 15.6. The number of anilines is 2. The molecular formula is C15H6F4N4OS. The summed E-state index contributed by atoms with van der Waals surface area (Å²) in [7, 11) is 0. The van der Waals surface area contributed by atoms with Gasteiger partial charge in [-0.15, -0.1) is 0 Å². The van der Waals surface area contributed by atoms with E-state index in [-0.39, 0.29) is 15.3 Å². The number of nitriles is 1. The lowest BCUT2D eigenvalue weighted by atomic mass is 10.2. The first-order chi connectivity index (χ1) is 11.9. The average molecular weight is 366 g/mol. The van der Waals surface area contributed by atoms with Crippen molar-refractivity contribution >= 4 is 38.4 Å². The van der Waals surface area contributed by atoms with E-state index in [9.17, 15) is 22.4 Å². The molecule has 10 heteroatoms. The summed E-state index contributed by atoms with van der Waals surface area (Å²) >= 11 is 0.804. The molecule has 1 aromatic heterocycles. The number of thiazole rings is 1. The second kappa shape index (κ2) is 6.37. The SMILES string of the molecule is N#Cc1cc(F)c(NC(=O)Nc2nc3c(F)cc(F)cc3s2)cc1F. The highest BCUT2D eigenvalue weighted by atomic mass is 32.1. The van der Waals surface area contributed by atoms with Crippen molar-refractivity contribution in [2.24, 2.45) is 0 Å². The number of urea groups is 1. The zero-order valence-corrected chi connectivity index (χ0v) is 12.8. The second-order valence-corrected chi connectivity index (χ2v) is 5.79. The molecule has 2 aromatic carbocycles. The number of aromatic nitrogens is 1. The number of benzene rings is 2. The van der Waals surface area contributed by atoms with Crippen molar-refractivity contribution in [1.82, 2.24) is 4.98 Å². The fraction of sp³-hybridized carbons (Fsp3) is 0. The van der Waals surface area contributed by atoms with E-state index in [2.05, 4.69) is 10.3 Å². The highest BCUT2D eigenvalue weighted by Crippen LogP contribution is 2.29. The molecule has 2 amide bonds. The van der Waals surface area contributed by atoms with Gasteiger partial charge in [0.1, 0.15) is 29.0 Å². The maximum Gasteiger partial charge on any atom is 0.325 e. The number of hydrogen-bond acceptors (Lipinski definition) is 4. The molecule has 0 aliphatic heterocycles. The molecule has 0 atom stereocenters. The van der Waals surface area contributed by atoms with Crippen LogP contribution >= 0.6 is 11.3 Å². The smallest absolute Gasteiger partial charge is 0.305 e. The maximum absolute atomic E-state index is 13.7. The van der Waals surface area contributed by atoms with Crippen LogP contribution in [0.4, 0.5) is 33.2 Å². The van der Waals surface area contributed by atoms with Gasteiger partial charge in [0, 0.05) is 12.1 Å². The molecule has 0 bridgehead atoms. The second-order valence-electron chi connectivity index (χ2n) is 4.76. The Balaban J connectivity index is 1.81. The molecule has 126 valence electrons. The van der Waals surface area contributed by atoms with Crippen LogP contribution in [0.25, 0.3) is 10.2 Å². The molecule has 5 nitrogen and oxygen atoms in total. The molecule has 0 fully saturated rings. The lowest BCUT2D eigenvalue weighted by Crippen LogP contribution is -2.20.